The Hall–Kier alpha value is 0.410. The fraction of sp³-hybridized carbons (Fsp3) is 0.824. The Morgan fingerprint density at radius 3 is 1.72 bits per heavy atom. The molecule has 0 fully saturated rings. The molecule has 0 aromatic carbocycles. The predicted molar refractivity (Wildman–Crippen MR) is 103 cm³/mol. The van der Waals surface area contributed by atoms with Gasteiger partial charge in [-0.25, -0.2) is 4.79 Å². The molecule has 0 aliphatic carbocycles. The van der Waals surface area contributed by atoms with E-state index in [9.17, 15) is 14.4 Å². The molecule has 1 atom stereocenters. The zero-order valence-corrected chi connectivity index (χ0v) is 14.2. The van der Waals surface area contributed by atoms with Crippen molar-refractivity contribution in [2.45, 2.75) is 90.0 Å². The van der Waals surface area contributed by atoms with Crippen LogP contribution in [0.3, 0.4) is 0 Å². The quantitative estimate of drug-likeness (QED) is 0.299. The van der Waals surface area contributed by atoms with Gasteiger partial charge in [0, 0.05) is 12.8 Å². The predicted octanol–water partition coefficient (Wildman–Crippen LogP) is 2.04. The van der Waals surface area contributed by atoms with Crippen LogP contribution < -0.4 is 5.32 Å². The monoisotopic (exact) mass is 377 g/mol. The van der Waals surface area contributed by atoms with Crippen LogP contribution in [0.5, 0.6) is 0 Å². The SMILES string of the molecule is CCCCCCCCCCCC(=O)NC(CCC(=O)O)C(=O)O.[NaH].[NaH]. The van der Waals surface area contributed by atoms with Crippen LogP contribution in [-0.2, 0) is 14.4 Å². The summed E-state index contributed by atoms with van der Waals surface area (Å²) < 4.78 is 0. The van der Waals surface area contributed by atoms with Crippen LogP contribution in [0.15, 0.2) is 0 Å². The first-order valence-electron chi connectivity index (χ1n) is 8.71. The summed E-state index contributed by atoms with van der Waals surface area (Å²) in [5.41, 5.74) is 0. The van der Waals surface area contributed by atoms with Crippen LogP contribution in [-0.4, -0.2) is 93.2 Å². The van der Waals surface area contributed by atoms with Gasteiger partial charge in [-0.15, -0.1) is 0 Å². The molecule has 0 bridgehead atoms. The van der Waals surface area contributed by atoms with Crippen LogP contribution in [0.25, 0.3) is 0 Å². The number of carbonyl (C=O) groups excluding carboxylic acids is 1. The Labute approximate surface area is 195 Å². The van der Waals surface area contributed by atoms with Gasteiger partial charge in [0.05, 0.1) is 0 Å². The summed E-state index contributed by atoms with van der Waals surface area (Å²) in [5, 5.41) is 19.9. The van der Waals surface area contributed by atoms with Crippen molar-refractivity contribution in [3.05, 3.63) is 0 Å². The van der Waals surface area contributed by atoms with E-state index in [-0.39, 0.29) is 77.9 Å². The number of nitrogens with one attached hydrogen (secondary N) is 1. The molecule has 1 amide bonds. The van der Waals surface area contributed by atoms with Gasteiger partial charge in [-0.05, 0) is 12.8 Å². The third-order valence-corrected chi connectivity index (χ3v) is 3.79. The maximum absolute atomic E-state index is 11.7. The normalized spacial score (nSPS) is 10.9. The van der Waals surface area contributed by atoms with Crippen LogP contribution in [0.2, 0.25) is 0 Å². The molecule has 8 heteroatoms. The fourth-order valence-corrected chi connectivity index (χ4v) is 2.39. The van der Waals surface area contributed by atoms with E-state index >= 15 is 0 Å². The molecule has 138 valence electrons. The zero-order valence-electron chi connectivity index (χ0n) is 14.2. The number of hydrogen-bond acceptors (Lipinski definition) is 3. The minimum absolute atomic E-state index is 0. The summed E-state index contributed by atoms with van der Waals surface area (Å²) >= 11 is 0. The first-order valence-corrected chi connectivity index (χ1v) is 8.71. The van der Waals surface area contributed by atoms with E-state index < -0.39 is 18.0 Å². The number of aliphatic carboxylic acids is 2. The molecule has 25 heavy (non-hydrogen) atoms. The van der Waals surface area contributed by atoms with Crippen molar-refractivity contribution in [3.8, 4) is 0 Å². The molecule has 0 aromatic heterocycles. The van der Waals surface area contributed by atoms with Crippen molar-refractivity contribution in [2.75, 3.05) is 0 Å². The molecule has 6 nitrogen and oxygen atoms in total. The van der Waals surface area contributed by atoms with Crippen LogP contribution in [0.4, 0.5) is 0 Å². The molecule has 0 heterocycles. The van der Waals surface area contributed by atoms with Crippen molar-refractivity contribution < 1.29 is 24.6 Å². The number of amides is 1. The van der Waals surface area contributed by atoms with E-state index in [1.165, 1.54) is 38.5 Å². The van der Waals surface area contributed by atoms with Crippen molar-refractivity contribution in [2.24, 2.45) is 0 Å². The number of hydrogen-bond donors (Lipinski definition) is 3. The Kier molecular flexibility index (Phi) is 25.0. The standard InChI is InChI=1S/C17H31NO5.2Na.2H/c1-2-3-4-5-6-7-8-9-10-11-15(19)18-14(17(22)23)12-13-16(20)21;;;;/h14H,2-13H2,1H3,(H,18,19)(H,20,21)(H,22,23);;;;. The van der Waals surface area contributed by atoms with E-state index in [0.717, 1.165) is 19.3 Å². The second kappa shape index (κ2) is 20.7. The maximum atomic E-state index is 11.7. The zero-order chi connectivity index (χ0) is 17.5. The van der Waals surface area contributed by atoms with Crippen LogP contribution >= 0.6 is 0 Å². The Bertz CT molecular complexity index is 367. The van der Waals surface area contributed by atoms with Gasteiger partial charge >= 0.3 is 71.1 Å². The van der Waals surface area contributed by atoms with E-state index in [0.29, 0.717) is 6.42 Å². The van der Waals surface area contributed by atoms with Gasteiger partial charge < -0.3 is 15.5 Å². The van der Waals surface area contributed by atoms with Gasteiger partial charge in [0.25, 0.3) is 0 Å². The molecule has 0 rings (SSSR count). The third kappa shape index (κ3) is 20.6. The first-order chi connectivity index (χ1) is 11.0. The molecule has 0 saturated heterocycles. The summed E-state index contributed by atoms with van der Waals surface area (Å²) in [6.45, 7) is 2.20. The Balaban J connectivity index is -0.00000242. The first kappa shape index (κ1) is 30.1. The number of carbonyl (C=O) groups is 3. The second-order valence-electron chi connectivity index (χ2n) is 5.97. The summed E-state index contributed by atoms with van der Waals surface area (Å²) in [6.07, 6.45) is 10.3. The minimum atomic E-state index is -1.19. The van der Waals surface area contributed by atoms with E-state index in [1.807, 2.05) is 0 Å². The average molecular weight is 377 g/mol. The topological polar surface area (TPSA) is 104 Å². The molecule has 0 saturated carbocycles. The molecular formula is C17H33NNa2O5. The van der Waals surface area contributed by atoms with Crippen LogP contribution in [0, 0.1) is 0 Å². The third-order valence-electron chi connectivity index (χ3n) is 3.79. The van der Waals surface area contributed by atoms with Crippen molar-refractivity contribution >= 4 is 77.0 Å². The van der Waals surface area contributed by atoms with Crippen molar-refractivity contribution in [1.29, 1.82) is 0 Å². The molecule has 0 aliphatic heterocycles. The summed E-state index contributed by atoms with van der Waals surface area (Å²) in [7, 11) is 0. The van der Waals surface area contributed by atoms with Gasteiger partial charge in [0.15, 0.2) is 0 Å². The summed E-state index contributed by atoms with van der Waals surface area (Å²) in [4.78, 5) is 33.1. The second-order valence-corrected chi connectivity index (χ2v) is 5.97. The van der Waals surface area contributed by atoms with Crippen molar-refractivity contribution in [3.63, 3.8) is 0 Å². The summed E-state index contributed by atoms with van der Waals surface area (Å²) in [5.74, 6) is -2.57. The van der Waals surface area contributed by atoms with Gasteiger partial charge in [-0.2, -0.15) is 0 Å². The number of carboxylic acid groups (broad SMARTS) is 2. The number of carboxylic acids is 2. The average Bonchev–Trinajstić information content (AvgIpc) is 2.49. The molecular weight excluding hydrogens is 344 g/mol. The fourth-order valence-electron chi connectivity index (χ4n) is 2.39. The van der Waals surface area contributed by atoms with Gasteiger partial charge in [0.2, 0.25) is 5.91 Å². The number of rotatable bonds is 15. The Morgan fingerprint density at radius 2 is 1.28 bits per heavy atom. The Morgan fingerprint density at radius 1 is 0.800 bits per heavy atom. The van der Waals surface area contributed by atoms with Gasteiger partial charge in [-0.1, -0.05) is 58.3 Å². The van der Waals surface area contributed by atoms with E-state index in [4.69, 9.17) is 10.2 Å². The molecule has 3 N–H and O–H groups in total. The van der Waals surface area contributed by atoms with Gasteiger partial charge in [-0.3, -0.25) is 9.59 Å². The molecule has 0 radical (unpaired) electrons. The van der Waals surface area contributed by atoms with Crippen LogP contribution in [0.1, 0.15) is 84.0 Å². The van der Waals surface area contributed by atoms with E-state index in [1.54, 1.807) is 0 Å². The molecule has 0 aromatic rings. The van der Waals surface area contributed by atoms with Crippen molar-refractivity contribution in [1.82, 2.24) is 5.32 Å². The number of unbranched alkanes of at least 4 members (excludes halogenated alkanes) is 8. The molecule has 0 aliphatic rings. The molecule has 1 unspecified atom stereocenters. The van der Waals surface area contributed by atoms with Gasteiger partial charge in [0.1, 0.15) is 6.04 Å². The summed E-state index contributed by atoms with van der Waals surface area (Å²) in [6, 6.07) is -1.11. The van der Waals surface area contributed by atoms with E-state index in [2.05, 4.69) is 12.2 Å². The molecule has 0 spiro atoms.